The molecule has 0 radical (unpaired) electrons. The molecule has 4 rings (SSSR count). The average molecular weight is 279 g/mol. The minimum Gasteiger partial charge on any atom is -0.497 e. The van der Waals surface area contributed by atoms with Crippen molar-refractivity contribution in [2.75, 3.05) is 14.2 Å². The lowest BCUT2D eigenvalue weighted by Crippen LogP contribution is -2.72. The van der Waals surface area contributed by atoms with Gasteiger partial charge in [0.25, 0.3) is 0 Å². The lowest BCUT2D eigenvalue weighted by molar-refractivity contribution is -0.181. The van der Waals surface area contributed by atoms with Gasteiger partial charge in [0, 0.05) is 6.07 Å². The molecule has 2 N–H and O–H groups in total. The molecule has 0 amide bonds. The van der Waals surface area contributed by atoms with Gasteiger partial charge in [-0.1, -0.05) is 0 Å². The molecule has 4 nitrogen and oxygen atoms in total. The van der Waals surface area contributed by atoms with Crippen LogP contribution in [0.3, 0.4) is 0 Å². The van der Waals surface area contributed by atoms with Crippen LogP contribution in [0.1, 0.15) is 24.8 Å². The zero-order valence-corrected chi connectivity index (χ0v) is 11.6. The van der Waals surface area contributed by atoms with Gasteiger partial charge in [-0.05, 0) is 47.8 Å². The first-order chi connectivity index (χ1) is 9.44. The van der Waals surface area contributed by atoms with E-state index in [-0.39, 0.29) is 22.6 Å². The van der Waals surface area contributed by atoms with E-state index in [1.165, 1.54) is 20.3 Å². The summed E-state index contributed by atoms with van der Waals surface area (Å²) in [5.74, 6) is -0.137. The molecule has 0 aliphatic heterocycles. The highest BCUT2D eigenvalue weighted by Gasteiger charge is 2.71. The number of hydrogen-bond donors (Lipinski definition) is 1. The molecule has 20 heavy (non-hydrogen) atoms. The highest BCUT2D eigenvalue weighted by atomic mass is 19.1. The van der Waals surface area contributed by atoms with E-state index < -0.39 is 6.04 Å². The number of nitrogens with two attached hydrogens (primary N) is 1. The standard InChI is InChI=1S/C15H18FNO3/c1-19-11-4-9(3-10(16)5-11)14-6-15(7-14,8-14)12(17)13(18)20-2/h3-5,12H,6-8,17H2,1-2H3. The fourth-order valence-corrected chi connectivity index (χ4v) is 3.87. The zero-order valence-electron chi connectivity index (χ0n) is 11.6. The number of benzene rings is 1. The third-order valence-electron chi connectivity index (χ3n) is 4.91. The van der Waals surface area contributed by atoms with Gasteiger partial charge < -0.3 is 15.2 Å². The van der Waals surface area contributed by atoms with Gasteiger partial charge in [-0.2, -0.15) is 0 Å². The molecule has 1 aromatic rings. The fraction of sp³-hybridized carbons (Fsp3) is 0.533. The van der Waals surface area contributed by atoms with E-state index in [0.717, 1.165) is 24.8 Å². The quantitative estimate of drug-likeness (QED) is 0.853. The van der Waals surface area contributed by atoms with Crippen LogP contribution < -0.4 is 10.5 Å². The number of carbonyl (C=O) groups excluding carboxylic acids is 1. The lowest BCUT2D eigenvalue weighted by Gasteiger charge is -2.72. The van der Waals surface area contributed by atoms with Crippen LogP contribution in [0.25, 0.3) is 0 Å². The molecule has 2 bridgehead atoms. The van der Waals surface area contributed by atoms with E-state index in [2.05, 4.69) is 0 Å². The summed E-state index contributed by atoms with van der Waals surface area (Å²) in [5, 5.41) is 0. The molecule has 108 valence electrons. The summed E-state index contributed by atoms with van der Waals surface area (Å²) in [4.78, 5) is 11.5. The molecular formula is C15H18FNO3. The third kappa shape index (κ3) is 1.66. The molecule has 3 saturated carbocycles. The van der Waals surface area contributed by atoms with E-state index in [1.807, 2.05) is 6.07 Å². The van der Waals surface area contributed by atoms with Crippen molar-refractivity contribution in [2.45, 2.75) is 30.7 Å². The van der Waals surface area contributed by atoms with Crippen molar-refractivity contribution in [3.05, 3.63) is 29.6 Å². The van der Waals surface area contributed by atoms with E-state index in [9.17, 15) is 9.18 Å². The predicted octanol–water partition coefficient (Wildman–Crippen LogP) is 1.76. The van der Waals surface area contributed by atoms with E-state index in [0.29, 0.717) is 5.75 Å². The third-order valence-corrected chi connectivity index (χ3v) is 4.91. The highest BCUT2D eigenvalue weighted by molar-refractivity contribution is 5.78. The number of rotatable bonds is 4. The minimum atomic E-state index is -0.579. The van der Waals surface area contributed by atoms with Crippen molar-refractivity contribution in [2.24, 2.45) is 11.1 Å². The Balaban J connectivity index is 1.78. The monoisotopic (exact) mass is 279 g/mol. The largest absolute Gasteiger partial charge is 0.497 e. The maximum atomic E-state index is 13.6. The van der Waals surface area contributed by atoms with E-state index in [1.54, 1.807) is 6.07 Å². The molecule has 3 aliphatic rings. The summed E-state index contributed by atoms with van der Waals surface area (Å²) in [7, 11) is 2.87. The number of carbonyl (C=O) groups is 1. The Labute approximate surface area is 117 Å². The molecule has 0 aromatic heterocycles. The van der Waals surface area contributed by atoms with Gasteiger partial charge in [0.15, 0.2) is 0 Å². The second kappa shape index (κ2) is 4.19. The van der Waals surface area contributed by atoms with Crippen LogP contribution in [0.2, 0.25) is 0 Å². The summed E-state index contributed by atoms with van der Waals surface area (Å²) < 4.78 is 23.4. The molecule has 0 heterocycles. The summed E-state index contributed by atoms with van der Waals surface area (Å²) in [6.45, 7) is 0. The average Bonchev–Trinajstić information content (AvgIpc) is 2.33. The van der Waals surface area contributed by atoms with Crippen molar-refractivity contribution in [3.63, 3.8) is 0 Å². The minimum absolute atomic E-state index is 0.0407. The Bertz CT molecular complexity index is 552. The molecule has 3 aliphatic carbocycles. The normalized spacial score (nSPS) is 31.8. The van der Waals surface area contributed by atoms with E-state index in [4.69, 9.17) is 15.2 Å². The van der Waals surface area contributed by atoms with Crippen LogP contribution in [-0.4, -0.2) is 26.2 Å². The summed E-state index contributed by atoms with van der Waals surface area (Å²) in [6, 6.07) is 4.21. The number of esters is 1. The molecule has 5 heteroatoms. The van der Waals surface area contributed by atoms with Crippen LogP contribution in [0.15, 0.2) is 18.2 Å². The Morgan fingerprint density at radius 2 is 1.95 bits per heavy atom. The lowest BCUT2D eigenvalue weighted by atomic mass is 9.31. The van der Waals surface area contributed by atoms with Gasteiger partial charge in [-0.15, -0.1) is 0 Å². The van der Waals surface area contributed by atoms with Gasteiger partial charge >= 0.3 is 5.97 Å². The Morgan fingerprint density at radius 1 is 1.30 bits per heavy atom. The number of halogens is 1. The van der Waals surface area contributed by atoms with Crippen molar-refractivity contribution in [3.8, 4) is 5.75 Å². The molecule has 1 unspecified atom stereocenters. The van der Waals surface area contributed by atoms with Crippen molar-refractivity contribution >= 4 is 5.97 Å². The van der Waals surface area contributed by atoms with Crippen molar-refractivity contribution in [1.82, 2.24) is 0 Å². The number of ether oxygens (including phenoxy) is 2. The van der Waals surface area contributed by atoms with Crippen LogP contribution in [0, 0.1) is 11.2 Å². The molecule has 0 spiro atoms. The van der Waals surface area contributed by atoms with Crippen LogP contribution >= 0.6 is 0 Å². The van der Waals surface area contributed by atoms with Gasteiger partial charge in [-0.3, -0.25) is 4.79 Å². The maximum Gasteiger partial charge on any atom is 0.323 e. The first-order valence-corrected chi connectivity index (χ1v) is 6.63. The second-order valence-electron chi connectivity index (χ2n) is 6.05. The van der Waals surface area contributed by atoms with Crippen LogP contribution in [-0.2, 0) is 14.9 Å². The first kappa shape index (κ1) is 13.4. The summed E-state index contributed by atoms with van der Waals surface area (Å²) in [6.07, 6.45) is 2.43. The predicted molar refractivity (Wildman–Crippen MR) is 70.9 cm³/mol. The zero-order chi connectivity index (χ0) is 14.5. The molecule has 0 saturated heterocycles. The SMILES string of the molecule is COC(=O)C(N)C12CC(c3cc(F)cc(OC)c3)(C1)C2. The molecular weight excluding hydrogens is 261 g/mol. The van der Waals surface area contributed by atoms with E-state index >= 15 is 0 Å². The number of methoxy groups -OCH3 is 2. The number of hydrogen-bond acceptors (Lipinski definition) is 4. The Morgan fingerprint density at radius 3 is 2.50 bits per heavy atom. The second-order valence-corrected chi connectivity index (χ2v) is 6.05. The van der Waals surface area contributed by atoms with Gasteiger partial charge in [0.1, 0.15) is 17.6 Å². The summed E-state index contributed by atoms with van der Waals surface area (Å²) >= 11 is 0. The van der Waals surface area contributed by atoms with Gasteiger partial charge in [0.05, 0.1) is 14.2 Å². The Hall–Kier alpha value is -1.62. The van der Waals surface area contributed by atoms with Crippen molar-refractivity contribution in [1.29, 1.82) is 0 Å². The first-order valence-electron chi connectivity index (χ1n) is 6.63. The molecule has 3 fully saturated rings. The van der Waals surface area contributed by atoms with Crippen molar-refractivity contribution < 1.29 is 18.7 Å². The highest BCUT2D eigenvalue weighted by Crippen LogP contribution is 2.74. The van der Waals surface area contributed by atoms with Gasteiger partial charge in [0.2, 0.25) is 0 Å². The molecule has 1 atom stereocenters. The summed E-state index contributed by atoms with van der Waals surface area (Å²) in [5.41, 5.74) is 6.69. The maximum absolute atomic E-state index is 13.6. The smallest absolute Gasteiger partial charge is 0.323 e. The topological polar surface area (TPSA) is 61.5 Å². The van der Waals surface area contributed by atoms with Crippen LogP contribution in [0.5, 0.6) is 5.75 Å². The Kier molecular flexibility index (Phi) is 2.80. The fourth-order valence-electron chi connectivity index (χ4n) is 3.87. The van der Waals surface area contributed by atoms with Crippen LogP contribution in [0.4, 0.5) is 4.39 Å². The molecule has 1 aromatic carbocycles. The van der Waals surface area contributed by atoms with Gasteiger partial charge in [-0.25, -0.2) is 4.39 Å².